The molecule has 0 aliphatic carbocycles. The number of sulfone groups is 1. The van der Waals surface area contributed by atoms with Crippen LogP contribution in [0, 0.1) is 5.95 Å². The summed E-state index contributed by atoms with van der Waals surface area (Å²) in [4.78, 5) is 4.08. The Morgan fingerprint density at radius 2 is 1.88 bits per heavy atom. The topological polar surface area (TPSA) is 59.9 Å². The Kier molecular flexibility index (Phi) is 3.17. The highest BCUT2D eigenvalue weighted by Crippen LogP contribution is 2.33. The van der Waals surface area contributed by atoms with Crippen molar-refractivity contribution in [2.45, 2.75) is 18.0 Å². The minimum Gasteiger partial charge on any atom is -0.230 e. The van der Waals surface area contributed by atoms with Gasteiger partial charge in [0, 0.05) is 0 Å². The van der Waals surface area contributed by atoms with Crippen molar-refractivity contribution in [1.82, 2.24) is 9.97 Å². The highest BCUT2D eigenvalue weighted by atomic mass is 32.2. The first kappa shape index (κ1) is 12.8. The molecule has 4 nitrogen and oxygen atoms in total. The molecule has 0 atom stereocenters. The number of hydrogen-bond acceptors (Lipinski definition) is 4. The van der Waals surface area contributed by atoms with E-state index < -0.39 is 38.3 Å². The second-order valence-corrected chi connectivity index (χ2v) is 4.96. The van der Waals surface area contributed by atoms with Crippen molar-refractivity contribution in [2.24, 2.45) is 0 Å². The van der Waals surface area contributed by atoms with Gasteiger partial charge in [-0.25, -0.2) is 18.4 Å². The largest absolute Gasteiger partial charge is 0.434 e. The molecule has 0 radical (unpaired) electrons. The van der Waals surface area contributed by atoms with E-state index in [-0.39, 0.29) is 0 Å². The Morgan fingerprint density at radius 3 is 2.31 bits per heavy atom. The average Bonchev–Trinajstić information content (AvgIpc) is 2.15. The van der Waals surface area contributed by atoms with Crippen LogP contribution in [0.4, 0.5) is 17.6 Å². The standard InChI is InChI=1S/C7H6F4N2O2S/c1-2-16(14,15)4-5(7(9,10)11)12-3-13-6(4)8/h3H,2H2,1H3. The second-order valence-electron chi connectivity index (χ2n) is 2.74. The lowest BCUT2D eigenvalue weighted by Gasteiger charge is -2.10. The van der Waals surface area contributed by atoms with E-state index in [9.17, 15) is 26.0 Å². The van der Waals surface area contributed by atoms with E-state index >= 15 is 0 Å². The summed E-state index contributed by atoms with van der Waals surface area (Å²) in [5.74, 6) is -2.36. The molecule has 0 N–H and O–H groups in total. The predicted octanol–water partition coefficient (Wildman–Crippen LogP) is 1.43. The third kappa shape index (κ3) is 2.29. The number of nitrogens with zero attached hydrogens (tertiary/aromatic N) is 2. The summed E-state index contributed by atoms with van der Waals surface area (Å²) in [6.45, 7) is 1.10. The van der Waals surface area contributed by atoms with E-state index in [0.29, 0.717) is 6.33 Å². The summed E-state index contributed by atoms with van der Waals surface area (Å²) < 4.78 is 72.7. The molecule has 0 spiro atoms. The van der Waals surface area contributed by atoms with Gasteiger partial charge in [0.1, 0.15) is 6.33 Å². The van der Waals surface area contributed by atoms with Gasteiger partial charge >= 0.3 is 6.18 Å². The highest BCUT2D eigenvalue weighted by molar-refractivity contribution is 7.91. The fourth-order valence-corrected chi connectivity index (χ4v) is 2.04. The number of rotatable bonds is 2. The molecule has 0 saturated carbocycles. The summed E-state index contributed by atoms with van der Waals surface area (Å²) in [5, 5.41) is 0. The molecule has 0 aliphatic rings. The molecule has 0 unspecified atom stereocenters. The minimum absolute atomic E-state index is 0.326. The van der Waals surface area contributed by atoms with E-state index in [1.165, 1.54) is 0 Å². The Balaban J connectivity index is 3.61. The quantitative estimate of drug-likeness (QED) is 0.594. The van der Waals surface area contributed by atoms with Crippen LogP contribution in [0.2, 0.25) is 0 Å². The lowest BCUT2D eigenvalue weighted by molar-refractivity contribution is -0.144. The van der Waals surface area contributed by atoms with Gasteiger partial charge in [-0.1, -0.05) is 6.92 Å². The average molecular weight is 258 g/mol. The highest BCUT2D eigenvalue weighted by Gasteiger charge is 2.41. The zero-order valence-corrected chi connectivity index (χ0v) is 8.73. The maximum Gasteiger partial charge on any atom is 0.434 e. The van der Waals surface area contributed by atoms with Crippen molar-refractivity contribution < 1.29 is 26.0 Å². The van der Waals surface area contributed by atoms with Crippen molar-refractivity contribution in [3.63, 3.8) is 0 Å². The third-order valence-corrected chi connectivity index (χ3v) is 3.46. The summed E-state index contributed by atoms with van der Waals surface area (Å²) in [6.07, 6.45) is -4.71. The molecule has 0 aliphatic heterocycles. The predicted molar refractivity (Wildman–Crippen MR) is 44.7 cm³/mol. The summed E-state index contributed by atoms with van der Waals surface area (Å²) in [6, 6.07) is 0. The molecule has 1 aromatic rings. The van der Waals surface area contributed by atoms with Gasteiger partial charge in [-0.3, -0.25) is 0 Å². The van der Waals surface area contributed by atoms with E-state index in [0.717, 1.165) is 6.92 Å². The lowest BCUT2D eigenvalue weighted by Crippen LogP contribution is -2.19. The van der Waals surface area contributed by atoms with Crippen LogP contribution in [-0.4, -0.2) is 24.1 Å². The first-order valence-corrected chi connectivity index (χ1v) is 5.66. The monoisotopic (exact) mass is 258 g/mol. The van der Waals surface area contributed by atoms with Crippen LogP contribution in [0.3, 0.4) is 0 Å². The number of hydrogen-bond donors (Lipinski definition) is 0. The summed E-state index contributed by atoms with van der Waals surface area (Å²) in [5.41, 5.74) is -1.78. The molecular formula is C7H6F4N2O2S. The molecule has 16 heavy (non-hydrogen) atoms. The number of alkyl halides is 3. The van der Waals surface area contributed by atoms with Gasteiger partial charge in [-0.05, 0) is 0 Å². The van der Waals surface area contributed by atoms with Gasteiger partial charge in [0.2, 0.25) is 5.95 Å². The number of aromatic nitrogens is 2. The molecule has 90 valence electrons. The van der Waals surface area contributed by atoms with Gasteiger partial charge in [0.05, 0.1) is 5.75 Å². The van der Waals surface area contributed by atoms with Gasteiger partial charge in [-0.2, -0.15) is 17.6 Å². The van der Waals surface area contributed by atoms with E-state index in [1.807, 2.05) is 0 Å². The Bertz CT molecular complexity index is 498. The minimum atomic E-state index is -5.04. The van der Waals surface area contributed by atoms with Crippen LogP contribution in [-0.2, 0) is 16.0 Å². The molecule has 0 saturated heterocycles. The maximum atomic E-state index is 13.0. The molecule has 1 heterocycles. The first-order chi connectivity index (χ1) is 7.20. The van der Waals surface area contributed by atoms with E-state index in [4.69, 9.17) is 0 Å². The molecule has 0 amide bonds. The van der Waals surface area contributed by atoms with Gasteiger partial charge < -0.3 is 0 Å². The lowest BCUT2D eigenvalue weighted by atomic mass is 10.4. The van der Waals surface area contributed by atoms with Crippen LogP contribution >= 0.6 is 0 Å². The summed E-state index contributed by atoms with van der Waals surface area (Å²) >= 11 is 0. The van der Waals surface area contributed by atoms with Crippen molar-refractivity contribution in [3.8, 4) is 0 Å². The SMILES string of the molecule is CCS(=O)(=O)c1c(F)ncnc1C(F)(F)F. The fourth-order valence-electron chi connectivity index (χ4n) is 0.974. The van der Waals surface area contributed by atoms with Crippen molar-refractivity contribution >= 4 is 9.84 Å². The normalized spacial score (nSPS) is 12.8. The molecule has 0 fully saturated rings. The van der Waals surface area contributed by atoms with Crippen LogP contribution in [0.1, 0.15) is 12.6 Å². The molecular weight excluding hydrogens is 252 g/mol. The van der Waals surface area contributed by atoms with Crippen molar-refractivity contribution in [3.05, 3.63) is 18.0 Å². The fraction of sp³-hybridized carbons (Fsp3) is 0.429. The third-order valence-electron chi connectivity index (χ3n) is 1.72. The van der Waals surface area contributed by atoms with Crippen molar-refractivity contribution in [1.29, 1.82) is 0 Å². The maximum absolute atomic E-state index is 13.0. The molecule has 0 aromatic carbocycles. The Morgan fingerprint density at radius 1 is 1.31 bits per heavy atom. The zero-order chi connectivity index (χ0) is 12.6. The van der Waals surface area contributed by atoms with Crippen molar-refractivity contribution in [2.75, 3.05) is 5.75 Å². The Hall–Kier alpha value is -1.25. The molecule has 1 rings (SSSR count). The zero-order valence-electron chi connectivity index (χ0n) is 7.92. The van der Waals surface area contributed by atoms with Crippen LogP contribution < -0.4 is 0 Å². The van der Waals surface area contributed by atoms with Gasteiger partial charge in [0.15, 0.2) is 20.4 Å². The second kappa shape index (κ2) is 3.96. The van der Waals surface area contributed by atoms with Gasteiger partial charge in [0.25, 0.3) is 0 Å². The Labute approximate surface area is 88.3 Å². The molecule has 9 heteroatoms. The van der Waals surface area contributed by atoms with Gasteiger partial charge in [-0.15, -0.1) is 0 Å². The summed E-state index contributed by atoms with van der Waals surface area (Å²) in [7, 11) is -4.36. The molecule has 1 aromatic heterocycles. The van der Waals surface area contributed by atoms with Crippen LogP contribution in [0.25, 0.3) is 0 Å². The smallest absolute Gasteiger partial charge is 0.230 e. The molecule has 0 bridgehead atoms. The van der Waals surface area contributed by atoms with Crippen LogP contribution in [0.5, 0.6) is 0 Å². The van der Waals surface area contributed by atoms with E-state index in [2.05, 4.69) is 9.97 Å². The first-order valence-electron chi connectivity index (χ1n) is 4.00. The number of halogens is 4. The van der Waals surface area contributed by atoms with Crippen LogP contribution in [0.15, 0.2) is 11.2 Å². The van der Waals surface area contributed by atoms with E-state index in [1.54, 1.807) is 0 Å².